The van der Waals surface area contributed by atoms with Gasteiger partial charge in [-0.1, -0.05) is 51.4 Å². The first-order valence-corrected chi connectivity index (χ1v) is 11.6. The number of ether oxygens (including phenoxy) is 2. The van der Waals surface area contributed by atoms with Crippen molar-refractivity contribution in [2.24, 2.45) is 5.92 Å². The minimum atomic E-state index is -0.325. The molecule has 2 aromatic carbocycles. The molecule has 0 saturated heterocycles. The van der Waals surface area contributed by atoms with Gasteiger partial charge in [0.15, 0.2) is 17.0 Å². The average Bonchev–Trinajstić information content (AvgIpc) is 3.36. The van der Waals surface area contributed by atoms with Crippen molar-refractivity contribution < 1.29 is 14.3 Å². The number of aromatic nitrogens is 4. The van der Waals surface area contributed by atoms with Crippen molar-refractivity contribution in [2.45, 2.75) is 33.6 Å². The van der Waals surface area contributed by atoms with Crippen molar-refractivity contribution in [1.29, 1.82) is 0 Å². The zero-order chi connectivity index (χ0) is 24.1. The Morgan fingerprint density at radius 3 is 2.44 bits per heavy atom. The summed E-state index contributed by atoms with van der Waals surface area (Å²) in [6.45, 7) is 7.80. The molecule has 0 spiro atoms. The largest absolute Gasteiger partial charge is 0.495 e. The van der Waals surface area contributed by atoms with Gasteiger partial charge in [0.2, 0.25) is 0 Å². The highest BCUT2D eigenvalue weighted by molar-refractivity contribution is 6.32. The summed E-state index contributed by atoms with van der Waals surface area (Å²) in [5, 5.41) is 1.14. The van der Waals surface area contributed by atoms with E-state index < -0.39 is 0 Å². The third-order valence-electron chi connectivity index (χ3n) is 5.79. The van der Waals surface area contributed by atoms with Gasteiger partial charge in [0.05, 0.1) is 35.3 Å². The second kappa shape index (κ2) is 8.33. The second-order valence-electron chi connectivity index (χ2n) is 8.84. The van der Waals surface area contributed by atoms with Crippen LogP contribution < -0.4 is 9.47 Å². The number of halogens is 1. The first kappa shape index (κ1) is 22.2. The Kier molecular flexibility index (Phi) is 5.44. The van der Waals surface area contributed by atoms with Crippen LogP contribution in [-0.4, -0.2) is 32.0 Å². The van der Waals surface area contributed by atoms with E-state index in [4.69, 9.17) is 31.0 Å². The summed E-state index contributed by atoms with van der Waals surface area (Å²) in [5.74, 6) is 1.35. The first-order chi connectivity index (χ1) is 16.3. The van der Waals surface area contributed by atoms with Crippen molar-refractivity contribution in [2.75, 3.05) is 7.11 Å². The lowest BCUT2D eigenvalue weighted by Gasteiger charge is -2.12. The van der Waals surface area contributed by atoms with Crippen molar-refractivity contribution in [3.63, 3.8) is 0 Å². The van der Waals surface area contributed by atoms with Crippen LogP contribution in [0.25, 0.3) is 33.4 Å². The molecule has 0 bridgehead atoms. The molecule has 0 atom stereocenters. The lowest BCUT2D eigenvalue weighted by molar-refractivity contribution is -0.137. The molecule has 3 aromatic heterocycles. The average molecular weight is 477 g/mol. The number of imidazole rings is 1. The van der Waals surface area contributed by atoms with Crippen LogP contribution in [0.3, 0.4) is 0 Å². The van der Waals surface area contributed by atoms with E-state index in [1.807, 2.05) is 34.9 Å². The predicted molar refractivity (Wildman–Crippen MR) is 133 cm³/mol. The molecule has 0 aliphatic rings. The number of rotatable bonds is 5. The van der Waals surface area contributed by atoms with Gasteiger partial charge >= 0.3 is 5.97 Å². The summed E-state index contributed by atoms with van der Waals surface area (Å²) in [6, 6.07) is 13.4. The van der Waals surface area contributed by atoms with Crippen LogP contribution in [-0.2, 0) is 4.79 Å². The van der Waals surface area contributed by atoms with E-state index >= 15 is 0 Å². The number of esters is 1. The normalized spacial score (nSPS) is 11.9. The second-order valence-corrected chi connectivity index (χ2v) is 9.25. The van der Waals surface area contributed by atoms with Crippen LogP contribution in [0.1, 0.15) is 39.4 Å². The molecule has 0 unspecified atom stereocenters. The maximum atomic E-state index is 12.6. The summed E-state index contributed by atoms with van der Waals surface area (Å²) >= 11 is 6.43. The van der Waals surface area contributed by atoms with Crippen LogP contribution >= 0.6 is 11.6 Å². The molecule has 8 heteroatoms. The SMILES string of the molecule is COc1ccc(-n2cc(OC(=O)C(C)C)c3c2nc(C(C)C)n2c4ccccc4nc32)cc1Cl. The monoisotopic (exact) mass is 476 g/mol. The molecule has 0 radical (unpaired) electrons. The molecule has 0 fully saturated rings. The smallest absolute Gasteiger partial charge is 0.313 e. The number of fused-ring (bicyclic) bond motifs is 5. The number of hydrogen-bond donors (Lipinski definition) is 0. The molecule has 174 valence electrons. The summed E-state index contributed by atoms with van der Waals surface area (Å²) in [4.78, 5) is 22.6. The fourth-order valence-corrected chi connectivity index (χ4v) is 4.32. The van der Waals surface area contributed by atoms with Crippen molar-refractivity contribution in [3.05, 3.63) is 59.5 Å². The van der Waals surface area contributed by atoms with Gasteiger partial charge in [-0.3, -0.25) is 13.8 Å². The Morgan fingerprint density at radius 1 is 1.00 bits per heavy atom. The van der Waals surface area contributed by atoms with Crippen molar-refractivity contribution in [1.82, 2.24) is 18.9 Å². The molecule has 0 aliphatic carbocycles. The lowest BCUT2D eigenvalue weighted by Crippen LogP contribution is -2.14. The maximum absolute atomic E-state index is 12.6. The van der Waals surface area contributed by atoms with Gasteiger partial charge in [-0.25, -0.2) is 9.97 Å². The van der Waals surface area contributed by atoms with E-state index in [0.29, 0.717) is 33.2 Å². The Labute approximate surface area is 201 Å². The molecule has 0 saturated carbocycles. The van der Waals surface area contributed by atoms with Crippen LogP contribution in [0.2, 0.25) is 5.02 Å². The van der Waals surface area contributed by atoms with E-state index in [2.05, 4.69) is 18.2 Å². The minimum Gasteiger partial charge on any atom is -0.495 e. The van der Waals surface area contributed by atoms with Gasteiger partial charge in [-0.05, 0) is 30.3 Å². The highest BCUT2D eigenvalue weighted by atomic mass is 35.5. The van der Waals surface area contributed by atoms with Crippen LogP contribution in [0.15, 0.2) is 48.7 Å². The third kappa shape index (κ3) is 3.47. The van der Waals surface area contributed by atoms with Gasteiger partial charge in [-0.2, -0.15) is 0 Å². The van der Waals surface area contributed by atoms with E-state index in [0.717, 1.165) is 22.5 Å². The summed E-state index contributed by atoms with van der Waals surface area (Å²) in [5.41, 5.74) is 3.90. The van der Waals surface area contributed by atoms with Gasteiger partial charge in [0.1, 0.15) is 17.0 Å². The standard InChI is InChI=1S/C26H25ClN4O3/c1-14(2)23-29-24-22(25-28-18-8-6-7-9-19(18)31(23)25)21(34-26(32)15(3)4)13-30(24)16-10-11-20(33-5)17(27)12-16/h6-15H,1-5H3. The Hall–Kier alpha value is -3.58. The van der Waals surface area contributed by atoms with Crippen molar-refractivity contribution >= 4 is 45.3 Å². The minimum absolute atomic E-state index is 0.119. The third-order valence-corrected chi connectivity index (χ3v) is 6.09. The van der Waals surface area contributed by atoms with Gasteiger partial charge in [0.25, 0.3) is 0 Å². The van der Waals surface area contributed by atoms with Crippen LogP contribution in [0, 0.1) is 5.92 Å². The fraction of sp³-hybridized carbons (Fsp3) is 0.269. The molecule has 5 aromatic rings. The zero-order valence-electron chi connectivity index (χ0n) is 19.7. The molecule has 5 rings (SSSR count). The molecule has 3 heterocycles. The van der Waals surface area contributed by atoms with E-state index in [-0.39, 0.29) is 17.8 Å². The Morgan fingerprint density at radius 2 is 1.76 bits per heavy atom. The van der Waals surface area contributed by atoms with Gasteiger partial charge in [-0.15, -0.1) is 0 Å². The molecule has 7 nitrogen and oxygen atoms in total. The molecule has 0 N–H and O–H groups in total. The number of methoxy groups -OCH3 is 1. The van der Waals surface area contributed by atoms with Crippen molar-refractivity contribution in [3.8, 4) is 17.2 Å². The quantitative estimate of drug-likeness (QED) is 0.283. The number of benzene rings is 2. The summed E-state index contributed by atoms with van der Waals surface area (Å²) in [7, 11) is 1.57. The molecular formula is C26H25ClN4O3. The number of nitrogens with zero attached hydrogens (tertiary/aromatic N) is 4. The van der Waals surface area contributed by atoms with Crippen LogP contribution in [0.5, 0.6) is 11.5 Å². The number of para-hydroxylation sites is 2. The Bertz CT molecular complexity index is 1570. The highest BCUT2D eigenvalue weighted by Crippen LogP contribution is 2.37. The zero-order valence-corrected chi connectivity index (χ0v) is 20.4. The molecular weight excluding hydrogens is 452 g/mol. The summed E-state index contributed by atoms with van der Waals surface area (Å²) < 4.78 is 15.1. The predicted octanol–water partition coefficient (Wildman–Crippen LogP) is 6.17. The fourth-order valence-electron chi connectivity index (χ4n) is 4.07. The van der Waals surface area contributed by atoms with E-state index in [9.17, 15) is 4.79 Å². The van der Waals surface area contributed by atoms with Gasteiger partial charge in [0, 0.05) is 11.6 Å². The summed E-state index contributed by atoms with van der Waals surface area (Å²) in [6.07, 6.45) is 1.78. The molecule has 34 heavy (non-hydrogen) atoms. The molecule has 0 aliphatic heterocycles. The number of hydrogen-bond acceptors (Lipinski definition) is 5. The first-order valence-electron chi connectivity index (χ1n) is 11.2. The maximum Gasteiger partial charge on any atom is 0.313 e. The van der Waals surface area contributed by atoms with Crippen LogP contribution in [0.4, 0.5) is 0 Å². The number of carbonyl (C=O) groups excluding carboxylic acids is 1. The van der Waals surface area contributed by atoms with E-state index in [1.54, 1.807) is 39.3 Å². The lowest BCUT2D eigenvalue weighted by atomic mass is 10.2. The van der Waals surface area contributed by atoms with E-state index in [1.165, 1.54) is 0 Å². The topological polar surface area (TPSA) is 70.7 Å². The van der Waals surface area contributed by atoms with Gasteiger partial charge < -0.3 is 9.47 Å². The number of carbonyl (C=O) groups is 1. The highest BCUT2D eigenvalue weighted by Gasteiger charge is 2.24. The molecule has 0 amide bonds. The Balaban J connectivity index is 1.90.